The van der Waals surface area contributed by atoms with Crippen molar-refractivity contribution in [2.75, 3.05) is 33.0 Å². The van der Waals surface area contributed by atoms with Gasteiger partial charge < -0.3 is 10.1 Å². The highest BCUT2D eigenvalue weighted by Gasteiger charge is 2.32. The Morgan fingerprint density at radius 2 is 2.05 bits per heavy atom. The summed E-state index contributed by atoms with van der Waals surface area (Å²) in [7, 11) is 2.21. The standard InChI is InChI=1S/C16H24N2OS/c1-18-9-10-19-15(11-17-13-5-6-13)16(18)12-3-7-14(20-2)8-4-12/h3-4,7-8,13,15-17H,5-6,9-11H2,1-2H3. The van der Waals surface area contributed by atoms with Crippen LogP contribution >= 0.6 is 11.8 Å². The van der Waals surface area contributed by atoms with Crippen LogP contribution in [-0.2, 0) is 4.74 Å². The van der Waals surface area contributed by atoms with Crippen molar-refractivity contribution >= 4 is 11.8 Å². The van der Waals surface area contributed by atoms with Crippen molar-refractivity contribution in [1.82, 2.24) is 10.2 Å². The maximum absolute atomic E-state index is 6.04. The van der Waals surface area contributed by atoms with Crippen molar-refractivity contribution in [2.24, 2.45) is 0 Å². The van der Waals surface area contributed by atoms with Gasteiger partial charge in [0.1, 0.15) is 0 Å². The lowest BCUT2D eigenvalue weighted by molar-refractivity contribution is -0.0615. The maximum atomic E-state index is 6.04. The first kappa shape index (κ1) is 14.4. The molecule has 0 spiro atoms. The molecule has 20 heavy (non-hydrogen) atoms. The summed E-state index contributed by atoms with van der Waals surface area (Å²) in [5.41, 5.74) is 1.37. The van der Waals surface area contributed by atoms with Gasteiger partial charge in [-0.25, -0.2) is 0 Å². The Morgan fingerprint density at radius 1 is 1.30 bits per heavy atom. The highest BCUT2D eigenvalue weighted by molar-refractivity contribution is 7.98. The van der Waals surface area contributed by atoms with E-state index in [9.17, 15) is 0 Å². The first-order chi connectivity index (χ1) is 9.78. The number of likely N-dealkylation sites (N-methyl/N-ethyl adjacent to an activating group) is 1. The largest absolute Gasteiger partial charge is 0.374 e. The van der Waals surface area contributed by atoms with E-state index in [1.165, 1.54) is 23.3 Å². The lowest BCUT2D eigenvalue weighted by atomic mass is 9.98. The van der Waals surface area contributed by atoms with Crippen molar-refractivity contribution in [3.05, 3.63) is 29.8 Å². The Balaban J connectivity index is 1.72. The van der Waals surface area contributed by atoms with Crippen LogP contribution in [-0.4, -0.2) is 50.0 Å². The minimum atomic E-state index is 0.259. The number of nitrogens with zero attached hydrogens (tertiary/aromatic N) is 1. The maximum Gasteiger partial charge on any atom is 0.0896 e. The minimum Gasteiger partial charge on any atom is -0.374 e. The number of rotatable bonds is 5. The fourth-order valence-electron chi connectivity index (χ4n) is 2.87. The van der Waals surface area contributed by atoms with Crippen LogP contribution in [0.4, 0.5) is 0 Å². The molecule has 2 unspecified atom stereocenters. The van der Waals surface area contributed by atoms with Crippen molar-refractivity contribution in [3.63, 3.8) is 0 Å². The summed E-state index contributed by atoms with van der Waals surface area (Å²) in [6, 6.07) is 10.1. The molecule has 1 N–H and O–H groups in total. The van der Waals surface area contributed by atoms with Crippen molar-refractivity contribution < 1.29 is 4.74 Å². The molecule has 0 aromatic heterocycles. The zero-order chi connectivity index (χ0) is 13.9. The van der Waals surface area contributed by atoms with Crippen LogP contribution in [0.1, 0.15) is 24.4 Å². The van der Waals surface area contributed by atoms with Gasteiger partial charge in [-0.1, -0.05) is 12.1 Å². The van der Waals surface area contributed by atoms with E-state index in [0.29, 0.717) is 6.04 Å². The summed E-state index contributed by atoms with van der Waals surface area (Å²) < 4.78 is 6.04. The van der Waals surface area contributed by atoms with E-state index in [2.05, 4.69) is 47.8 Å². The average Bonchev–Trinajstić information content (AvgIpc) is 3.30. The van der Waals surface area contributed by atoms with Gasteiger partial charge in [-0.15, -0.1) is 11.8 Å². The van der Waals surface area contributed by atoms with Crippen molar-refractivity contribution in [2.45, 2.75) is 35.9 Å². The zero-order valence-corrected chi connectivity index (χ0v) is 13.2. The minimum absolute atomic E-state index is 0.259. The second kappa shape index (κ2) is 6.48. The van der Waals surface area contributed by atoms with Gasteiger partial charge in [-0.2, -0.15) is 0 Å². The molecule has 1 saturated carbocycles. The van der Waals surface area contributed by atoms with Crippen LogP contribution in [0.3, 0.4) is 0 Å². The fourth-order valence-corrected chi connectivity index (χ4v) is 3.28. The summed E-state index contributed by atoms with van der Waals surface area (Å²) in [5, 5.41) is 3.61. The van der Waals surface area contributed by atoms with Crippen LogP contribution in [0.5, 0.6) is 0 Å². The number of morpholine rings is 1. The highest BCUT2D eigenvalue weighted by Crippen LogP contribution is 2.30. The Hall–Kier alpha value is -0.550. The zero-order valence-electron chi connectivity index (χ0n) is 12.3. The molecule has 2 atom stereocenters. The molecule has 110 valence electrons. The lowest BCUT2D eigenvalue weighted by Gasteiger charge is -2.39. The second-order valence-corrected chi connectivity index (χ2v) is 6.67. The molecular formula is C16H24N2OS. The predicted octanol–water partition coefficient (Wildman–Crippen LogP) is 2.53. The molecule has 1 heterocycles. The number of hydrogen-bond acceptors (Lipinski definition) is 4. The number of ether oxygens (including phenoxy) is 1. The van der Waals surface area contributed by atoms with E-state index in [0.717, 1.165) is 25.7 Å². The molecule has 1 aromatic rings. The molecule has 3 rings (SSSR count). The normalized spacial score (nSPS) is 27.7. The van der Waals surface area contributed by atoms with E-state index >= 15 is 0 Å². The van der Waals surface area contributed by atoms with Crippen LogP contribution in [0.2, 0.25) is 0 Å². The topological polar surface area (TPSA) is 24.5 Å². The molecule has 1 aromatic carbocycles. The third-order valence-electron chi connectivity index (χ3n) is 4.25. The third kappa shape index (κ3) is 3.37. The highest BCUT2D eigenvalue weighted by atomic mass is 32.2. The Kier molecular flexibility index (Phi) is 4.66. The molecule has 1 aliphatic carbocycles. The number of thioether (sulfide) groups is 1. The monoisotopic (exact) mass is 292 g/mol. The SMILES string of the molecule is CSc1ccc(C2C(CNC3CC3)OCCN2C)cc1. The molecule has 1 aliphatic heterocycles. The molecule has 1 saturated heterocycles. The summed E-state index contributed by atoms with van der Waals surface area (Å²) in [5.74, 6) is 0. The molecule has 2 fully saturated rings. The fraction of sp³-hybridized carbons (Fsp3) is 0.625. The number of hydrogen-bond donors (Lipinski definition) is 1. The summed E-state index contributed by atoms with van der Waals surface area (Å²) >= 11 is 1.79. The van der Waals surface area contributed by atoms with Crippen LogP contribution < -0.4 is 5.32 Å². The smallest absolute Gasteiger partial charge is 0.0896 e. The molecule has 4 heteroatoms. The van der Waals surface area contributed by atoms with Crippen LogP contribution in [0.25, 0.3) is 0 Å². The Morgan fingerprint density at radius 3 is 2.70 bits per heavy atom. The molecule has 0 bridgehead atoms. The van der Waals surface area contributed by atoms with Gasteiger partial charge in [-0.05, 0) is 43.8 Å². The van der Waals surface area contributed by atoms with Gasteiger partial charge in [0, 0.05) is 24.0 Å². The van der Waals surface area contributed by atoms with Gasteiger partial charge in [-0.3, -0.25) is 4.90 Å². The van der Waals surface area contributed by atoms with E-state index in [-0.39, 0.29) is 6.10 Å². The molecule has 3 nitrogen and oxygen atoms in total. The van der Waals surface area contributed by atoms with E-state index in [1.807, 2.05) is 0 Å². The number of benzene rings is 1. The molecule has 2 aliphatic rings. The quantitative estimate of drug-likeness (QED) is 0.843. The number of nitrogens with one attached hydrogen (secondary N) is 1. The first-order valence-electron chi connectivity index (χ1n) is 7.47. The molecular weight excluding hydrogens is 268 g/mol. The van der Waals surface area contributed by atoms with Gasteiger partial charge >= 0.3 is 0 Å². The summed E-state index contributed by atoms with van der Waals surface area (Å²) in [4.78, 5) is 3.75. The molecule has 0 amide bonds. The Labute approximate surface area is 126 Å². The van der Waals surface area contributed by atoms with Gasteiger partial charge in [0.05, 0.1) is 18.8 Å². The van der Waals surface area contributed by atoms with E-state index in [4.69, 9.17) is 4.74 Å². The third-order valence-corrected chi connectivity index (χ3v) is 4.99. The second-order valence-electron chi connectivity index (χ2n) is 5.79. The van der Waals surface area contributed by atoms with E-state index in [1.54, 1.807) is 11.8 Å². The van der Waals surface area contributed by atoms with Crippen molar-refractivity contribution in [1.29, 1.82) is 0 Å². The molecule has 0 radical (unpaired) electrons. The van der Waals surface area contributed by atoms with Gasteiger partial charge in [0.25, 0.3) is 0 Å². The first-order valence-corrected chi connectivity index (χ1v) is 8.69. The lowest BCUT2D eigenvalue weighted by Crippen LogP contribution is -2.47. The average molecular weight is 292 g/mol. The van der Waals surface area contributed by atoms with Gasteiger partial charge in [0.15, 0.2) is 0 Å². The summed E-state index contributed by atoms with van der Waals surface area (Å²) in [6.07, 6.45) is 5.04. The Bertz CT molecular complexity index is 433. The van der Waals surface area contributed by atoms with Gasteiger partial charge in [0.2, 0.25) is 0 Å². The van der Waals surface area contributed by atoms with Crippen LogP contribution in [0.15, 0.2) is 29.2 Å². The van der Waals surface area contributed by atoms with Crippen molar-refractivity contribution in [3.8, 4) is 0 Å². The predicted molar refractivity (Wildman–Crippen MR) is 84.4 cm³/mol. The summed E-state index contributed by atoms with van der Waals surface area (Å²) in [6.45, 7) is 2.81. The van der Waals surface area contributed by atoms with Crippen LogP contribution in [0, 0.1) is 0 Å². The van der Waals surface area contributed by atoms with E-state index < -0.39 is 0 Å².